The molecule has 0 bridgehead atoms. The lowest BCUT2D eigenvalue weighted by atomic mass is 9.91. The van der Waals surface area contributed by atoms with Gasteiger partial charge in [-0.3, -0.25) is 4.79 Å². The van der Waals surface area contributed by atoms with Crippen LogP contribution in [-0.4, -0.2) is 38.0 Å². The summed E-state index contributed by atoms with van der Waals surface area (Å²) in [5.41, 5.74) is 1.25. The monoisotopic (exact) mass is 358 g/mol. The zero-order chi connectivity index (χ0) is 18.8. The lowest BCUT2D eigenvalue weighted by molar-refractivity contribution is -0.121. The van der Waals surface area contributed by atoms with Crippen LogP contribution in [0, 0.1) is 0 Å². The molecule has 0 atom stereocenters. The zero-order valence-electron chi connectivity index (χ0n) is 16.1. The topological polar surface area (TPSA) is 32.3 Å². The number of hydrogen-bond acceptors (Lipinski definition) is 2. The zero-order valence-corrected chi connectivity index (χ0v) is 16.1. The number of nitrogens with one attached hydrogen (secondary N) is 1. The first-order chi connectivity index (χ1) is 13.1. The molecule has 0 aromatic heterocycles. The average molecular weight is 358 g/mol. The molecule has 0 spiro atoms. The van der Waals surface area contributed by atoms with E-state index in [2.05, 4.69) is 78.9 Å². The molecule has 3 nitrogen and oxygen atoms in total. The molecule has 4 rings (SSSR count). The van der Waals surface area contributed by atoms with E-state index in [1.54, 1.807) is 0 Å². The molecule has 138 valence electrons. The smallest absolute Gasteiger partial charge is 0.220 e. The molecule has 0 fully saturated rings. The maximum atomic E-state index is 12.2. The minimum Gasteiger partial charge on any atom is -0.356 e. The van der Waals surface area contributed by atoms with Crippen molar-refractivity contribution in [2.75, 3.05) is 27.2 Å². The van der Waals surface area contributed by atoms with Crippen molar-refractivity contribution in [1.29, 1.82) is 0 Å². The molecular weight excluding hydrogens is 332 g/mol. The second-order valence-electron chi connectivity index (χ2n) is 7.59. The Labute approximate surface area is 160 Å². The van der Waals surface area contributed by atoms with Gasteiger partial charge in [-0.1, -0.05) is 54.6 Å². The van der Waals surface area contributed by atoms with Gasteiger partial charge in [-0.05, 0) is 71.4 Å². The Bertz CT molecular complexity index is 1070. The van der Waals surface area contributed by atoms with Crippen molar-refractivity contribution in [3.63, 3.8) is 0 Å². The number of amides is 1. The summed E-state index contributed by atoms with van der Waals surface area (Å²) >= 11 is 0. The third kappa shape index (κ3) is 3.60. The molecule has 0 saturated carbocycles. The largest absolute Gasteiger partial charge is 0.356 e. The maximum Gasteiger partial charge on any atom is 0.220 e. The number of aryl methyl sites for hydroxylation is 1. The van der Waals surface area contributed by atoms with E-state index in [0.29, 0.717) is 6.42 Å². The van der Waals surface area contributed by atoms with Crippen molar-refractivity contribution >= 4 is 38.2 Å². The number of benzene rings is 4. The van der Waals surface area contributed by atoms with Gasteiger partial charge in [-0.25, -0.2) is 0 Å². The van der Waals surface area contributed by atoms with Crippen LogP contribution in [0.4, 0.5) is 0 Å². The van der Waals surface area contributed by atoms with Crippen molar-refractivity contribution in [3.8, 4) is 0 Å². The van der Waals surface area contributed by atoms with Gasteiger partial charge in [0.2, 0.25) is 5.91 Å². The van der Waals surface area contributed by atoms with Crippen LogP contribution in [0.2, 0.25) is 0 Å². The van der Waals surface area contributed by atoms with E-state index >= 15 is 0 Å². The molecule has 0 aliphatic carbocycles. The number of carbonyl (C=O) groups excluding carboxylic acids is 1. The summed E-state index contributed by atoms with van der Waals surface area (Å²) in [5, 5.41) is 10.8. The van der Waals surface area contributed by atoms with Crippen LogP contribution in [-0.2, 0) is 11.2 Å². The first-order valence-corrected chi connectivity index (χ1v) is 9.70. The Balaban J connectivity index is 1.55. The lowest BCUT2D eigenvalue weighted by Crippen LogP contribution is -2.27. The van der Waals surface area contributed by atoms with Gasteiger partial charge in [0.25, 0.3) is 0 Å². The molecule has 4 aromatic carbocycles. The Hall–Kier alpha value is -2.65. The highest BCUT2D eigenvalue weighted by Crippen LogP contribution is 2.36. The number of carbonyl (C=O) groups is 1. The van der Waals surface area contributed by atoms with Crippen molar-refractivity contribution in [2.24, 2.45) is 0 Å². The normalized spacial score (nSPS) is 11.8. The highest BCUT2D eigenvalue weighted by Gasteiger charge is 2.11. The summed E-state index contributed by atoms with van der Waals surface area (Å²) in [5.74, 6) is 0.138. The van der Waals surface area contributed by atoms with E-state index in [0.717, 1.165) is 25.9 Å². The third-order valence-corrected chi connectivity index (χ3v) is 5.34. The van der Waals surface area contributed by atoms with E-state index in [9.17, 15) is 4.79 Å². The third-order valence-electron chi connectivity index (χ3n) is 5.34. The molecular formula is C24H26N2O. The van der Waals surface area contributed by atoms with Crippen LogP contribution in [0.25, 0.3) is 32.3 Å². The molecule has 4 aromatic rings. The maximum absolute atomic E-state index is 12.2. The molecule has 1 N–H and O–H groups in total. The Morgan fingerprint density at radius 3 is 2.30 bits per heavy atom. The minimum atomic E-state index is 0.138. The Morgan fingerprint density at radius 2 is 1.56 bits per heavy atom. The van der Waals surface area contributed by atoms with Gasteiger partial charge in [-0.2, -0.15) is 0 Å². The van der Waals surface area contributed by atoms with Crippen molar-refractivity contribution in [3.05, 3.63) is 60.2 Å². The van der Waals surface area contributed by atoms with Gasteiger partial charge in [-0.15, -0.1) is 0 Å². The fourth-order valence-corrected chi connectivity index (χ4v) is 3.97. The van der Waals surface area contributed by atoms with Gasteiger partial charge in [0, 0.05) is 13.0 Å². The average Bonchev–Trinajstić information content (AvgIpc) is 2.68. The van der Waals surface area contributed by atoms with Crippen LogP contribution in [0.15, 0.2) is 54.6 Å². The molecule has 0 saturated heterocycles. The van der Waals surface area contributed by atoms with Crippen LogP contribution >= 0.6 is 0 Å². The van der Waals surface area contributed by atoms with Gasteiger partial charge >= 0.3 is 0 Å². The van der Waals surface area contributed by atoms with Crippen molar-refractivity contribution in [1.82, 2.24) is 10.2 Å². The highest BCUT2D eigenvalue weighted by molar-refractivity contribution is 6.23. The standard InChI is InChI=1S/C24H26N2O/c1-26(2)16-4-15-25-22(27)14-12-17-7-8-20-10-9-18-5-3-6-19-11-13-21(17)24(20)23(18)19/h3,5-11,13H,4,12,14-16H2,1-2H3,(H,25,27). The summed E-state index contributed by atoms with van der Waals surface area (Å²) in [4.78, 5) is 14.3. The molecule has 0 radical (unpaired) electrons. The fraction of sp³-hybridized carbons (Fsp3) is 0.292. The summed E-state index contributed by atoms with van der Waals surface area (Å²) in [6.07, 6.45) is 2.29. The molecule has 0 heterocycles. The van der Waals surface area contributed by atoms with Crippen LogP contribution in [0.1, 0.15) is 18.4 Å². The molecule has 0 unspecified atom stereocenters. The van der Waals surface area contributed by atoms with Gasteiger partial charge < -0.3 is 10.2 Å². The van der Waals surface area contributed by atoms with E-state index < -0.39 is 0 Å². The number of nitrogens with zero attached hydrogens (tertiary/aromatic N) is 1. The lowest BCUT2D eigenvalue weighted by Gasteiger charge is -2.14. The minimum absolute atomic E-state index is 0.138. The van der Waals surface area contributed by atoms with E-state index in [-0.39, 0.29) is 5.91 Å². The van der Waals surface area contributed by atoms with Crippen LogP contribution in [0.5, 0.6) is 0 Å². The predicted molar refractivity (Wildman–Crippen MR) is 115 cm³/mol. The van der Waals surface area contributed by atoms with Gasteiger partial charge in [0.15, 0.2) is 0 Å². The Kier molecular flexibility index (Phi) is 4.95. The van der Waals surface area contributed by atoms with Gasteiger partial charge in [0.05, 0.1) is 0 Å². The quantitative estimate of drug-likeness (QED) is 0.387. The molecule has 0 aliphatic heterocycles. The van der Waals surface area contributed by atoms with Crippen molar-refractivity contribution < 1.29 is 4.79 Å². The van der Waals surface area contributed by atoms with E-state index in [1.807, 2.05) is 0 Å². The molecule has 0 aliphatic rings. The van der Waals surface area contributed by atoms with Crippen molar-refractivity contribution in [2.45, 2.75) is 19.3 Å². The van der Waals surface area contributed by atoms with Crippen LogP contribution in [0.3, 0.4) is 0 Å². The van der Waals surface area contributed by atoms with Gasteiger partial charge in [0.1, 0.15) is 0 Å². The summed E-state index contributed by atoms with van der Waals surface area (Å²) in [6.45, 7) is 1.74. The Morgan fingerprint density at radius 1 is 0.889 bits per heavy atom. The van der Waals surface area contributed by atoms with E-state index in [1.165, 1.54) is 37.9 Å². The number of rotatable bonds is 7. The summed E-state index contributed by atoms with van der Waals surface area (Å²) in [6, 6.07) is 19.7. The SMILES string of the molecule is CN(C)CCCNC(=O)CCc1ccc2ccc3cccc4ccc1c2c34. The summed E-state index contributed by atoms with van der Waals surface area (Å²) in [7, 11) is 4.10. The highest BCUT2D eigenvalue weighted by atomic mass is 16.1. The van der Waals surface area contributed by atoms with E-state index in [4.69, 9.17) is 0 Å². The first-order valence-electron chi connectivity index (χ1n) is 9.70. The summed E-state index contributed by atoms with van der Waals surface area (Å²) < 4.78 is 0. The molecule has 3 heteroatoms. The molecule has 1 amide bonds. The first kappa shape index (κ1) is 17.7. The predicted octanol–water partition coefficient (Wildman–Crippen LogP) is 4.58. The number of hydrogen-bond donors (Lipinski definition) is 1. The van der Waals surface area contributed by atoms with Crippen LogP contribution < -0.4 is 5.32 Å². The second-order valence-corrected chi connectivity index (χ2v) is 7.59. The second kappa shape index (κ2) is 7.53. The fourth-order valence-electron chi connectivity index (χ4n) is 3.97. The molecule has 27 heavy (non-hydrogen) atoms.